The molecule has 3 heteroatoms. The number of anilines is 1. The third kappa shape index (κ3) is 2.74. The van der Waals surface area contributed by atoms with E-state index in [1.165, 1.54) is 5.56 Å². The Balaban J connectivity index is 2.28. The number of nitrogens with zero attached hydrogens (tertiary/aromatic N) is 1. The van der Waals surface area contributed by atoms with Gasteiger partial charge in [0.2, 0.25) is 0 Å². The lowest BCUT2D eigenvalue weighted by molar-refractivity contribution is 0.267. The van der Waals surface area contributed by atoms with Crippen molar-refractivity contribution >= 4 is 26.4 Å². The Morgan fingerprint density at radius 2 is 1.47 bits per heavy atom. The van der Waals surface area contributed by atoms with Crippen molar-refractivity contribution in [1.82, 2.24) is 0 Å². The van der Waals surface area contributed by atoms with Gasteiger partial charge in [-0.3, -0.25) is 4.79 Å². The first-order chi connectivity index (χ1) is 8.18. The molecule has 0 aliphatic carbocycles. The van der Waals surface area contributed by atoms with Crippen LogP contribution in [0.1, 0.15) is 0 Å². The predicted octanol–water partition coefficient (Wildman–Crippen LogP) is 4.30. The van der Waals surface area contributed by atoms with E-state index in [-0.39, 0.29) is 4.82 Å². The summed E-state index contributed by atoms with van der Waals surface area (Å²) in [5.74, 6) is 0. The summed E-state index contributed by atoms with van der Waals surface area (Å²) < 4.78 is 0. The minimum Gasteiger partial charge on any atom is -0.306 e. The number of amides is 1. The number of halogens is 1. The molecule has 2 rings (SSSR count). The number of benzene rings is 2. The van der Waals surface area contributed by atoms with Gasteiger partial charge in [-0.2, -0.15) is 0 Å². The maximum absolute atomic E-state index is 11.1. The molecule has 1 amide bonds. The Morgan fingerprint density at radius 3 is 2.00 bits per heavy atom. The van der Waals surface area contributed by atoms with E-state index in [0.717, 1.165) is 11.3 Å². The van der Waals surface area contributed by atoms with Crippen LogP contribution in [0.5, 0.6) is 0 Å². The Kier molecular flexibility index (Phi) is 3.59. The number of carbonyl (C=O) groups is 1. The van der Waals surface area contributed by atoms with Gasteiger partial charge in [0, 0.05) is 28.7 Å². The molecule has 0 bridgehead atoms. The van der Waals surface area contributed by atoms with Crippen LogP contribution in [0.3, 0.4) is 0 Å². The molecule has 0 fully saturated rings. The summed E-state index contributed by atoms with van der Waals surface area (Å²) in [6.45, 7) is 0. The number of hydrogen-bond donors (Lipinski definition) is 0. The quantitative estimate of drug-likeness (QED) is 0.596. The molecular formula is C14H12BrNO. The minimum absolute atomic E-state index is 0.148. The minimum atomic E-state index is -0.148. The summed E-state index contributed by atoms with van der Waals surface area (Å²) in [6, 6.07) is 18.0. The number of rotatable bonds is 2. The summed E-state index contributed by atoms with van der Waals surface area (Å²) in [5, 5.41) is 0. The summed E-state index contributed by atoms with van der Waals surface area (Å²) in [4.78, 5) is 12.5. The van der Waals surface area contributed by atoms with E-state index >= 15 is 0 Å². The second kappa shape index (κ2) is 5.15. The lowest BCUT2D eigenvalue weighted by atomic mass is 10.1. The topological polar surface area (TPSA) is 20.3 Å². The highest BCUT2D eigenvalue weighted by Crippen LogP contribution is 2.23. The van der Waals surface area contributed by atoms with E-state index in [0.29, 0.717) is 0 Å². The molecule has 0 aliphatic rings. The average molecular weight is 290 g/mol. The van der Waals surface area contributed by atoms with Gasteiger partial charge >= 0.3 is 0 Å². The number of carbonyl (C=O) groups excluding carboxylic acids is 1. The lowest BCUT2D eigenvalue weighted by Gasteiger charge is -2.14. The molecule has 17 heavy (non-hydrogen) atoms. The van der Waals surface area contributed by atoms with Crippen molar-refractivity contribution < 1.29 is 4.79 Å². The van der Waals surface area contributed by atoms with Crippen molar-refractivity contribution in [3.05, 3.63) is 54.6 Å². The van der Waals surface area contributed by atoms with E-state index in [1.807, 2.05) is 42.5 Å². The Hall–Kier alpha value is -1.61. The molecule has 0 aliphatic heterocycles. The molecule has 2 nitrogen and oxygen atoms in total. The maximum atomic E-state index is 11.1. The van der Waals surface area contributed by atoms with E-state index in [1.54, 1.807) is 11.9 Å². The first-order valence-electron chi connectivity index (χ1n) is 5.27. The lowest BCUT2D eigenvalue weighted by Crippen LogP contribution is -2.18. The van der Waals surface area contributed by atoms with Crippen LogP contribution >= 0.6 is 15.9 Å². The van der Waals surface area contributed by atoms with Crippen molar-refractivity contribution in [3.63, 3.8) is 0 Å². The third-order valence-corrected chi connectivity index (χ3v) is 3.16. The third-order valence-electron chi connectivity index (χ3n) is 2.63. The van der Waals surface area contributed by atoms with Crippen LogP contribution in [0, 0.1) is 0 Å². The van der Waals surface area contributed by atoms with Crippen molar-refractivity contribution in [2.45, 2.75) is 0 Å². The summed E-state index contributed by atoms with van der Waals surface area (Å²) in [5.41, 5.74) is 3.18. The molecular weight excluding hydrogens is 278 g/mol. The highest BCUT2D eigenvalue weighted by atomic mass is 79.9. The first-order valence-corrected chi connectivity index (χ1v) is 6.06. The maximum Gasteiger partial charge on any atom is 0.293 e. The molecule has 0 atom stereocenters. The van der Waals surface area contributed by atoms with Crippen LogP contribution < -0.4 is 4.90 Å². The van der Waals surface area contributed by atoms with Crippen molar-refractivity contribution in [2.75, 3.05) is 11.9 Å². The standard InChI is InChI=1S/C14H12BrNO/c1-16(14(15)17)13-9-7-12(8-10-13)11-5-3-2-4-6-11/h2-10H,1H3. The fourth-order valence-electron chi connectivity index (χ4n) is 1.61. The SMILES string of the molecule is CN(C(=O)Br)c1ccc(-c2ccccc2)cc1. The molecule has 0 aromatic heterocycles. The van der Waals surface area contributed by atoms with Gasteiger partial charge in [0.1, 0.15) is 0 Å². The van der Waals surface area contributed by atoms with Gasteiger partial charge in [0.25, 0.3) is 4.82 Å². The van der Waals surface area contributed by atoms with Crippen LogP contribution in [0.15, 0.2) is 54.6 Å². The predicted molar refractivity (Wildman–Crippen MR) is 74.6 cm³/mol. The van der Waals surface area contributed by atoms with Gasteiger partial charge in [-0.15, -0.1) is 0 Å². The van der Waals surface area contributed by atoms with E-state index in [4.69, 9.17) is 0 Å². The molecule has 0 N–H and O–H groups in total. The molecule has 2 aromatic rings. The van der Waals surface area contributed by atoms with E-state index in [2.05, 4.69) is 28.1 Å². The van der Waals surface area contributed by atoms with Gasteiger partial charge in [0.15, 0.2) is 0 Å². The molecule has 0 radical (unpaired) electrons. The summed E-state index contributed by atoms with van der Waals surface area (Å²) in [6.07, 6.45) is 0. The van der Waals surface area contributed by atoms with Gasteiger partial charge in [-0.25, -0.2) is 0 Å². The van der Waals surface area contributed by atoms with Gasteiger partial charge in [-0.1, -0.05) is 42.5 Å². The number of hydrogen-bond acceptors (Lipinski definition) is 1. The molecule has 86 valence electrons. The molecule has 0 heterocycles. The second-order valence-electron chi connectivity index (χ2n) is 3.72. The molecule has 0 saturated heterocycles. The van der Waals surface area contributed by atoms with Crippen molar-refractivity contribution in [2.24, 2.45) is 0 Å². The largest absolute Gasteiger partial charge is 0.306 e. The van der Waals surface area contributed by atoms with Crippen LogP contribution in [0.4, 0.5) is 10.5 Å². The molecule has 0 unspecified atom stereocenters. The van der Waals surface area contributed by atoms with Crippen LogP contribution in [0.2, 0.25) is 0 Å². The zero-order valence-corrected chi connectivity index (χ0v) is 11.0. The summed E-state index contributed by atoms with van der Waals surface area (Å²) in [7, 11) is 1.73. The normalized spacial score (nSPS) is 10.0. The van der Waals surface area contributed by atoms with Crippen molar-refractivity contribution in [3.8, 4) is 11.1 Å². The Bertz CT molecular complexity index is 508. The molecule has 0 saturated carbocycles. The average Bonchev–Trinajstić information content (AvgIpc) is 2.39. The smallest absolute Gasteiger partial charge is 0.293 e. The fraction of sp³-hybridized carbons (Fsp3) is 0.0714. The highest BCUT2D eigenvalue weighted by Gasteiger charge is 2.06. The van der Waals surface area contributed by atoms with Crippen LogP contribution in [-0.4, -0.2) is 11.9 Å². The second-order valence-corrected chi connectivity index (χ2v) is 4.40. The Labute approximate surface area is 109 Å². The zero-order valence-electron chi connectivity index (χ0n) is 9.43. The van der Waals surface area contributed by atoms with E-state index < -0.39 is 0 Å². The zero-order chi connectivity index (χ0) is 12.3. The highest BCUT2D eigenvalue weighted by molar-refractivity contribution is 9.18. The van der Waals surface area contributed by atoms with Gasteiger partial charge in [-0.05, 0) is 23.3 Å². The Morgan fingerprint density at radius 1 is 0.941 bits per heavy atom. The molecule has 0 spiro atoms. The monoisotopic (exact) mass is 289 g/mol. The van der Waals surface area contributed by atoms with Crippen LogP contribution in [0.25, 0.3) is 11.1 Å². The molecule has 2 aromatic carbocycles. The van der Waals surface area contributed by atoms with Gasteiger partial charge in [0.05, 0.1) is 0 Å². The van der Waals surface area contributed by atoms with Crippen LogP contribution in [-0.2, 0) is 0 Å². The first kappa shape index (κ1) is 11.9. The summed E-state index contributed by atoms with van der Waals surface area (Å²) >= 11 is 2.93. The fourth-order valence-corrected chi connectivity index (χ4v) is 1.81. The van der Waals surface area contributed by atoms with Crippen molar-refractivity contribution in [1.29, 1.82) is 0 Å². The van der Waals surface area contributed by atoms with Gasteiger partial charge < -0.3 is 4.90 Å². The van der Waals surface area contributed by atoms with E-state index in [9.17, 15) is 4.79 Å².